The van der Waals surface area contributed by atoms with Gasteiger partial charge in [-0.25, -0.2) is 4.68 Å². The lowest BCUT2D eigenvalue weighted by Gasteiger charge is -2.29. The van der Waals surface area contributed by atoms with E-state index in [4.69, 9.17) is 0 Å². The van der Waals surface area contributed by atoms with Gasteiger partial charge in [-0.1, -0.05) is 0 Å². The first kappa shape index (κ1) is 17.6. The molecular weight excluding hydrogens is 340 g/mol. The van der Waals surface area contributed by atoms with Crippen LogP contribution in [0, 0.1) is 0 Å². The highest BCUT2D eigenvalue weighted by atomic mass is 16.1. The molecule has 7 nitrogen and oxygen atoms in total. The van der Waals surface area contributed by atoms with Gasteiger partial charge < -0.3 is 5.32 Å². The van der Waals surface area contributed by atoms with Crippen molar-refractivity contribution < 1.29 is 0 Å². The van der Waals surface area contributed by atoms with E-state index in [0.717, 1.165) is 43.5 Å². The summed E-state index contributed by atoms with van der Waals surface area (Å²) in [7, 11) is 1.93. The number of hydrogen-bond donors (Lipinski definition) is 1. The number of pyridine rings is 1. The van der Waals surface area contributed by atoms with Crippen molar-refractivity contribution in [1.29, 1.82) is 0 Å². The van der Waals surface area contributed by atoms with Crippen LogP contribution in [0.25, 0.3) is 11.3 Å². The molecule has 3 heterocycles. The zero-order chi connectivity index (χ0) is 18.6. The summed E-state index contributed by atoms with van der Waals surface area (Å²) in [5.41, 5.74) is 2.96. The van der Waals surface area contributed by atoms with Gasteiger partial charge in [0.05, 0.1) is 17.9 Å². The van der Waals surface area contributed by atoms with Crippen molar-refractivity contribution in [2.75, 3.05) is 0 Å². The van der Waals surface area contributed by atoms with Crippen molar-refractivity contribution >= 4 is 0 Å². The Hall–Kier alpha value is -2.80. The minimum Gasteiger partial charge on any atom is -0.310 e. The molecule has 140 valence electrons. The molecule has 1 saturated carbocycles. The maximum atomic E-state index is 12.4. The normalized spacial score (nSPS) is 19.9. The lowest BCUT2D eigenvalue weighted by atomic mass is 9.91. The van der Waals surface area contributed by atoms with Gasteiger partial charge in [0.25, 0.3) is 5.56 Å². The summed E-state index contributed by atoms with van der Waals surface area (Å²) in [5.74, 6) is 0. The summed E-state index contributed by atoms with van der Waals surface area (Å²) >= 11 is 0. The van der Waals surface area contributed by atoms with Gasteiger partial charge in [0.1, 0.15) is 0 Å². The third-order valence-corrected chi connectivity index (χ3v) is 5.20. The van der Waals surface area contributed by atoms with Crippen LogP contribution >= 0.6 is 0 Å². The van der Waals surface area contributed by atoms with Gasteiger partial charge in [0.15, 0.2) is 0 Å². The van der Waals surface area contributed by atoms with Gasteiger partial charge in [-0.15, -0.1) is 0 Å². The van der Waals surface area contributed by atoms with Crippen LogP contribution < -0.4 is 10.9 Å². The highest BCUT2D eigenvalue weighted by Crippen LogP contribution is 2.27. The van der Waals surface area contributed by atoms with E-state index in [1.54, 1.807) is 29.2 Å². The minimum absolute atomic E-state index is 0.0282. The van der Waals surface area contributed by atoms with E-state index in [0.29, 0.717) is 6.04 Å². The van der Waals surface area contributed by atoms with Gasteiger partial charge >= 0.3 is 0 Å². The van der Waals surface area contributed by atoms with E-state index in [2.05, 4.69) is 20.5 Å². The highest BCUT2D eigenvalue weighted by molar-refractivity contribution is 5.57. The van der Waals surface area contributed by atoms with Gasteiger partial charge in [0, 0.05) is 55.4 Å². The summed E-state index contributed by atoms with van der Waals surface area (Å²) in [6.07, 6.45) is 11.4. The van der Waals surface area contributed by atoms with E-state index in [1.807, 2.05) is 36.3 Å². The van der Waals surface area contributed by atoms with Crippen molar-refractivity contribution in [2.24, 2.45) is 7.05 Å². The molecular formula is C20H24N6O. The maximum Gasteiger partial charge on any atom is 0.267 e. The molecule has 0 unspecified atom stereocenters. The van der Waals surface area contributed by atoms with Gasteiger partial charge in [0.2, 0.25) is 0 Å². The zero-order valence-corrected chi connectivity index (χ0v) is 15.5. The molecule has 27 heavy (non-hydrogen) atoms. The van der Waals surface area contributed by atoms with Crippen molar-refractivity contribution in [3.63, 3.8) is 0 Å². The lowest BCUT2D eigenvalue weighted by molar-refractivity contribution is 0.269. The van der Waals surface area contributed by atoms with E-state index < -0.39 is 0 Å². The molecule has 1 aliphatic rings. The Bertz CT molecular complexity index is 940. The molecule has 1 N–H and O–H groups in total. The van der Waals surface area contributed by atoms with Crippen LogP contribution in [0.2, 0.25) is 0 Å². The molecule has 0 spiro atoms. The predicted octanol–water partition coefficient (Wildman–Crippen LogP) is 2.31. The molecule has 1 fully saturated rings. The second-order valence-corrected chi connectivity index (χ2v) is 7.15. The average Bonchev–Trinajstić information content (AvgIpc) is 3.13. The summed E-state index contributed by atoms with van der Waals surface area (Å²) in [6, 6.07) is 7.87. The molecule has 0 aliphatic heterocycles. The van der Waals surface area contributed by atoms with Gasteiger partial charge in [-0.3, -0.25) is 14.5 Å². The molecule has 0 aromatic carbocycles. The minimum atomic E-state index is -0.0282. The van der Waals surface area contributed by atoms with E-state index in [9.17, 15) is 4.79 Å². The molecule has 0 amide bonds. The fourth-order valence-electron chi connectivity index (χ4n) is 3.71. The third kappa shape index (κ3) is 4.14. The van der Waals surface area contributed by atoms with Crippen molar-refractivity contribution in [1.82, 2.24) is 29.9 Å². The number of hydrogen-bond acceptors (Lipinski definition) is 5. The molecule has 7 heteroatoms. The summed E-state index contributed by atoms with van der Waals surface area (Å²) in [4.78, 5) is 16.4. The van der Waals surface area contributed by atoms with Crippen LogP contribution in [0.3, 0.4) is 0 Å². The topological polar surface area (TPSA) is 77.6 Å². The first-order chi connectivity index (χ1) is 13.2. The first-order valence-corrected chi connectivity index (χ1v) is 9.40. The Morgan fingerprint density at radius 2 is 1.89 bits per heavy atom. The average molecular weight is 364 g/mol. The predicted molar refractivity (Wildman–Crippen MR) is 103 cm³/mol. The van der Waals surface area contributed by atoms with Crippen LogP contribution in [0.5, 0.6) is 0 Å². The Balaban J connectivity index is 1.40. The van der Waals surface area contributed by atoms with E-state index in [1.165, 1.54) is 5.56 Å². The number of nitrogens with one attached hydrogen (secondary N) is 1. The number of nitrogens with zero attached hydrogens (tertiary/aromatic N) is 5. The zero-order valence-electron chi connectivity index (χ0n) is 15.5. The third-order valence-electron chi connectivity index (χ3n) is 5.20. The van der Waals surface area contributed by atoms with Crippen molar-refractivity contribution in [3.05, 3.63) is 65.0 Å². The molecule has 0 saturated heterocycles. The van der Waals surface area contributed by atoms with E-state index >= 15 is 0 Å². The molecule has 0 bridgehead atoms. The van der Waals surface area contributed by atoms with Crippen LogP contribution in [0.4, 0.5) is 0 Å². The van der Waals surface area contributed by atoms with Crippen LogP contribution in [0.15, 0.2) is 53.8 Å². The Labute approximate surface area is 158 Å². The van der Waals surface area contributed by atoms with Crippen LogP contribution in [0.1, 0.15) is 37.3 Å². The lowest BCUT2D eigenvalue weighted by Crippen LogP contribution is -2.36. The maximum absolute atomic E-state index is 12.4. The fourth-order valence-corrected chi connectivity index (χ4v) is 3.71. The second-order valence-electron chi connectivity index (χ2n) is 7.15. The second kappa shape index (κ2) is 7.84. The highest BCUT2D eigenvalue weighted by Gasteiger charge is 2.23. The SMILES string of the molecule is Cn1cc(CNC2CCC(n3nc(-c4ccncc4)ccc3=O)CC2)cn1. The Morgan fingerprint density at radius 1 is 1.11 bits per heavy atom. The Morgan fingerprint density at radius 3 is 2.59 bits per heavy atom. The summed E-state index contributed by atoms with van der Waals surface area (Å²) in [5, 5.41) is 12.4. The van der Waals surface area contributed by atoms with Crippen molar-refractivity contribution in [3.8, 4) is 11.3 Å². The number of aryl methyl sites for hydroxylation is 1. The largest absolute Gasteiger partial charge is 0.310 e. The number of rotatable bonds is 5. The molecule has 0 atom stereocenters. The van der Waals surface area contributed by atoms with Gasteiger partial charge in [-0.2, -0.15) is 10.2 Å². The van der Waals surface area contributed by atoms with Crippen molar-refractivity contribution in [2.45, 2.75) is 44.3 Å². The molecule has 4 rings (SSSR count). The van der Waals surface area contributed by atoms with Gasteiger partial charge in [-0.05, 0) is 43.9 Å². The Kier molecular flexibility index (Phi) is 5.11. The monoisotopic (exact) mass is 364 g/mol. The van der Waals surface area contributed by atoms with E-state index in [-0.39, 0.29) is 11.6 Å². The molecule has 3 aromatic rings. The van der Waals surface area contributed by atoms with Crippen LogP contribution in [-0.2, 0) is 13.6 Å². The molecule has 0 radical (unpaired) electrons. The standard InChI is InChI=1S/C20H24N6O/c1-25-14-15(13-23-25)12-22-17-2-4-18(5-3-17)26-20(27)7-6-19(24-26)16-8-10-21-11-9-16/h6-11,13-14,17-18,22H,2-5,12H2,1H3. The fraction of sp³-hybridized carbons (Fsp3) is 0.400. The first-order valence-electron chi connectivity index (χ1n) is 9.40. The number of aromatic nitrogens is 5. The summed E-state index contributed by atoms with van der Waals surface area (Å²) in [6.45, 7) is 0.832. The van der Waals surface area contributed by atoms with Crippen LogP contribution in [-0.4, -0.2) is 30.6 Å². The quantitative estimate of drug-likeness (QED) is 0.752. The molecule has 3 aromatic heterocycles. The smallest absolute Gasteiger partial charge is 0.267 e. The summed E-state index contributed by atoms with van der Waals surface area (Å²) < 4.78 is 3.49. The molecule has 1 aliphatic carbocycles.